The van der Waals surface area contributed by atoms with Gasteiger partial charge in [-0.25, -0.2) is 5.43 Å². The number of carbonyl (C=O) groups is 1. The van der Waals surface area contributed by atoms with Crippen molar-refractivity contribution >= 4 is 61.4 Å². The number of nitrogens with zero attached hydrogens (tertiary/aromatic N) is 1. The number of halogens is 2. The summed E-state index contributed by atoms with van der Waals surface area (Å²) in [4.78, 5) is 12.2. The summed E-state index contributed by atoms with van der Waals surface area (Å²) < 4.78 is 13.6. The number of amides is 1. The Hall–Kier alpha value is -2.91. The lowest BCUT2D eigenvalue weighted by molar-refractivity contribution is -0.120. The predicted octanol–water partition coefficient (Wildman–Crippen LogP) is 6.49. The molecular weight excluding hydrogens is 607 g/mol. The van der Waals surface area contributed by atoms with E-state index in [0.717, 1.165) is 24.7 Å². The van der Waals surface area contributed by atoms with Crippen molar-refractivity contribution in [1.82, 2.24) is 5.43 Å². The second-order valence-corrected chi connectivity index (χ2v) is 9.64. The van der Waals surface area contributed by atoms with Gasteiger partial charge in [0, 0.05) is 4.47 Å². The number of hydrogen-bond acceptors (Lipinski definition) is 4. The van der Waals surface area contributed by atoms with Crippen LogP contribution in [0, 0.1) is 3.57 Å². The van der Waals surface area contributed by atoms with Gasteiger partial charge >= 0.3 is 0 Å². The molecule has 0 aliphatic heterocycles. The normalized spacial score (nSPS) is 11.0. The number of hydrogen-bond donors (Lipinski definition) is 1. The van der Waals surface area contributed by atoms with Gasteiger partial charge in [0.15, 0.2) is 11.5 Å². The highest BCUT2D eigenvalue weighted by Gasteiger charge is 2.12. The van der Waals surface area contributed by atoms with Crippen LogP contribution in [0.4, 0.5) is 0 Å². The summed E-state index contributed by atoms with van der Waals surface area (Å²) in [7, 11) is 1.61. The van der Waals surface area contributed by atoms with Gasteiger partial charge in [-0.1, -0.05) is 70.5 Å². The monoisotopic (exact) mass is 628 g/mol. The van der Waals surface area contributed by atoms with Crippen LogP contribution >= 0.6 is 38.5 Å². The fraction of sp³-hybridized carbons (Fsp3) is 0.111. The maximum Gasteiger partial charge on any atom is 0.244 e. The largest absolute Gasteiger partial charge is 0.493 e. The van der Waals surface area contributed by atoms with Gasteiger partial charge in [-0.2, -0.15) is 5.10 Å². The molecule has 4 aromatic rings. The molecule has 0 radical (unpaired) electrons. The molecule has 4 rings (SSSR count). The second kappa shape index (κ2) is 11.5. The molecule has 0 aromatic heterocycles. The van der Waals surface area contributed by atoms with E-state index in [4.69, 9.17) is 9.47 Å². The lowest BCUT2D eigenvalue weighted by Crippen LogP contribution is -2.19. The molecule has 34 heavy (non-hydrogen) atoms. The number of ether oxygens (including phenoxy) is 2. The molecule has 4 aromatic carbocycles. The average Bonchev–Trinajstić information content (AvgIpc) is 2.84. The zero-order valence-electron chi connectivity index (χ0n) is 18.4. The third-order valence-electron chi connectivity index (χ3n) is 5.18. The second-order valence-electron chi connectivity index (χ2n) is 7.56. The number of hydrazone groups is 1. The van der Waals surface area contributed by atoms with Crippen LogP contribution in [0.1, 0.15) is 16.7 Å². The Bertz CT molecular complexity index is 1330. The van der Waals surface area contributed by atoms with Crippen molar-refractivity contribution in [3.63, 3.8) is 0 Å². The molecule has 1 amide bonds. The molecule has 1 N–H and O–H groups in total. The Morgan fingerprint density at radius 2 is 1.82 bits per heavy atom. The van der Waals surface area contributed by atoms with Gasteiger partial charge in [0.25, 0.3) is 0 Å². The SMILES string of the molecule is COc1cc(/C=N\NC(=O)Cc2ccc(Br)cc2)cc(I)c1OCc1cccc2ccccc12. The van der Waals surface area contributed by atoms with Gasteiger partial charge in [-0.05, 0) is 74.3 Å². The van der Waals surface area contributed by atoms with Crippen molar-refractivity contribution in [2.45, 2.75) is 13.0 Å². The molecule has 0 unspecified atom stereocenters. The summed E-state index contributed by atoms with van der Waals surface area (Å²) in [5.74, 6) is 1.09. The van der Waals surface area contributed by atoms with Crippen LogP contribution in [0.3, 0.4) is 0 Å². The van der Waals surface area contributed by atoms with Gasteiger partial charge in [0.1, 0.15) is 6.61 Å². The van der Waals surface area contributed by atoms with Crippen LogP contribution in [-0.4, -0.2) is 19.2 Å². The highest BCUT2D eigenvalue weighted by Crippen LogP contribution is 2.34. The summed E-state index contributed by atoms with van der Waals surface area (Å²) in [5, 5.41) is 6.44. The Labute approximate surface area is 220 Å². The molecule has 0 bridgehead atoms. The lowest BCUT2D eigenvalue weighted by Gasteiger charge is -2.14. The first-order valence-corrected chi connectivity index (χ1v) is 12.4. The molecule has 0 aliphatic rings. The van der Waals surface area contributed by atoms with Gasteiger partial charge in [-0.3, -0.25) is 4.79 Å². The topological polar surface area (TPSA) is 59.9 Å². The fourth-order valence-corrected chi connectivity index (χ4v) is 4.57. The molecule has 172 valence electrons. The van der Waals surface area contributed by atoms with Crippen molar-refractivity contribution in [1.29, 1.82) is 0 Å². The predicted molar refractivity (Wildman–Crippen MR) is 148 cm³/mol. The molecule has 0 heterocycles. The van der Waals surface area contributed by atoms with E-state index in [1.54, 1.807) is 13.3 Å². The fourth-order valence-electron chi connectivity index (χ4n) is 3.53. The van der Waals surface area contributed by atoms with Crippen LogP contribution in [0.5, 0.6) is 11.5 Å². The number of rotatable bonds is 8. The van der Waals surface area contributed by atoms with Crippen LogP contribution in [0.25, 0.3) is 10.8 Å². The van der Waals surface area contributed by atoms with E-state index in [0.29, 0.717) is 18.1 Å². The van der Waals surface area contributed by atoms with Gasteiger partial charge in [0.2, 0.25) is 5.91 Å². The number of fused-ring (bicyclic) bond motifs is 1. The molecule has 0 spiro atoms. The van der Waals surface area contributed by atoms with E-state index in [2.05, 4.69) is 73.3 Å². The Kier molecular flexibility index (Phi) is 8.18. The van der Waals surface area contributed by atoms with Crippen molar-refractivity contribution < 1.29 is 14.3 Å². The van der Waals surface area contributed by atoms with Gasteiger partial charge in [0.05, 0.1) is 23.3 Å². The minimum Gasteiger partial charge on any atom is -0.493 e. The van der Waals surface area contributed by atoms with Crippen molar-refractivity contribution in [3.05, 3.63) is 104 Å². The molecule has 0 atom stereocenters. The summed E-state index contributed by atoms with van der Waals surface area (Å²) in [6, 6.07) is 25.8. The lowest BCUT2D eigenvalue weighted by atomic mass is 10.1. The Morgan fingerprint density at radius 3 is 2.62 bits per heavy atom. The highest BCUT2D eigenvalue weighted by molar-refractivity contribution is 14.1. The van der Waals surface area contributed by atoms with E-state index >= 15 is 0 Å². The summed E-state index contributed by atoms with van der Waals surface area (Å²) >= 11 is 5.61. The standard InChI is InChI=1S/C27H22BrIN2O3/c1-33-25-14-19(16-30-31-26(32)15-18-9-11-22(28)12-10-18)13-24(29)27(25)34-17-21-7-4-6-20-5-2-3-8-23(20)21/h2-14,16H,15,17H2,1H3,(H,31,32)/b30-16-. The van der Waals surface area contributed by atoms with Crippen LogP contribution in [0.2, 0.25) is 0 Å². The first kappa shape index (κ1) is 24.2. The molecule has 0 fully saturated rings. The minimum absolute atomic E-state index is 0.185. The quantitative estimate of drug-likeness (QED) is 0.138. The molecule has 0 saturated heterocycles. The van der Waals surface area contributed by atoms with Crippen LogP contribution < -0.4 is 14.9 Å². The Balaban J connectivity index is 1.43. The molecular formula is C27H22BrIN2O3. The highest BCUT2D eigenvalue weighted by atomic mass is 127. The maximum absolute atomic E-state index is 12.2. The third kappa shape index (κ3) is 6.15. The van der Waals surface area contributed by atoms with Crippen molar-refractivity contribution in [2.24, 2.45) is 5.10 Å². The maximum atomic E-state index is 12.2. The zero-order chi connectivity index (χ0) is 23.9. The minimum atomic E-state index is -0.185. The number of benzene rings is 4. The number of methoxy groups -OCH3 is 1. The van der Waals surface area contributed by atoms with Crippen molar-refractivity contribution in [3.8, 4) is 11.5 Å². The van der Waals surface area contributed by atoms with Crippen LogP contribution in [0.15, 0.2) is 88.4 Å². The molecule has 7 heteroatoms. The smallest absolute Gasteiger partial charge is 0.244 e. The number of nitrogens with one attached hydrogen (secondary N) is 1. The first-order chi connectivity index (χ1) is 16.5. The summed E-state index contributed by atoms with van der Waals surface area (Å²) in [5.41, 5.74) is 5.39. The Morgan fingerprint density at radius 1 is 1.06 bits per heavy atom. The van der Waals surface area contributed by atoms with Crippen molar-refractivity contribution in [2.75, 3.05) is 7.11 Å². The average molecular weight is 629 g/mol. The molecule has 0 aliphatic carbocycles. The zero-order valence-corrected chi connectivity index (χ0v) is 22.2. The third-order valence-corrected chi connectivity index (χ3v) is 6.51. The van der Waals surface area contributed by atoms with E-state index in [1.165, 1.54) is 10.8 Å². The van der Waals surface area contributed by atoms with Gasteiger partial charge in [-0.15, -0.1) is 0 Å². The number of carbonyl (C=O) groups excluding carboxylic acids is 1. The van der Waals surface area contributed by atoms with E-state index in [1.807, 2.05) is 54.6 Å². The molecule has 5 nitrogen and oxygen atoms in total. The van der Waals surface area contributed by atoms with E-state index in [-0.39, 0.29) is 12.3 Å². The summed E-state index contributed by atoms with van der Waals surface area (Å²) in [6.07, 6.45) is 1.85. The van der Waals surface area contributed by atoms with Crippen LogP contribution in [-0.2, 0) is 17.8 Å². The molecule has 0 saturated carbocycles. The van der Waals surface area contributed by atoms with E-state index < -0.39 is 0 Å². The first-order valence-electron chi connectivity index (χ1n) is 10.6. The van der Waals surface area contributed by atoms with Gasteiger partial charge < -0.3 is 9.47 Å². The van der Waals surface area contributed by atoms with E-state index in [9.17, 15) is 4.79 Å². The summed E-state index contributed by atoms with van der Waals surface area (Å²) in [6.45, 7) is 0.424.